The number of hydrogen-bond donors (Lipinski definition) is 2. The van der Waals surface area contributed by atoms with E-state index in [1.165, 1.54) is 0 Å². The van der Waals surface area contributed by atoms with E-state index < -0.39 is 0 Å². The second-order valence-electron chi connectivity index (χ2n) is 3.91. The van der Waals surface area contributed by atoms with Crippen LogP contribution < -0.4 is 11.1 Å². The fourth-order valence-electron chi connectivity index (χ4n) is 1.55. The minimum absolute atomic E-state index is 0.352. The highest BCUT2D eigenvalue weighted by Crippen LogP contribution is 2.17. The van der Waals surface area contributed by atoms with Gasteiger partial charge in [0.1, 0.15) is 10.8 Å². The summed E-state index contributed by atoms with van der Waals surface area (Å²) in [4.78, 5) is 10.1. The molecular formula is C12H14N4S2. The highest BCUT2D eigenvalue weighted by atomic mass is 32.1. The van der Waals surface area contributed by atoms with Gasteiger partial charge in [0.2, 0.25) is 0 Å². The normalized spacial score (nSPS) is 10.3. The zero-order valence-electron chi connectivity index (χ0n) is 10.2. The van der Waals surface area contributed by atoms with E-state index in [1.807, 2.05) is 32.2 Å². The smallest absolute Gasteiger partial charge is 0.136 e. The number of anilines is 1. The molecular weight excluding hydrogens is 264 g/mol. The fraction of sp³-hybridized carbons (Fsp3) is 0.250. The molecule has 0 saturated heterocycles. The highest BCUT2D eigenvalue weighted by Gasteiger charge is 2.07. The van der Waals surface area contributed by atoms with Crippen molar-refractivity contribution in [2.24, 2.45) is 5.73 Å². The first-order valence-electron chi connectivity index (χ1n) is 5.49. The molecule has 2 aromatic rings. The minimum atomic E-state index is 0.352. The van der Waals surface area contributed by atoms with Gasteiger partial charge in [0.15, 0.2) is 0 Å². The van der Waals surface area contributed by atoms with Crippen LogP contribution in [0.1, 0.15) is 21.1 Å². The second kappa shape index (κ2) is 5.41. The SMILES string of the molecule is Cc1ccc(C(N)=S)c(NCc2cnc(C)s2)n1. The molecule has 0 atom stereocenters. The lowest BCUT2D eigenvalue weighted by Crippen LogP contribution is -2.14. The van der Waals surface area contributed by atoms with Crippen LogP contribution >= 0.6 is 23.6 Å². The highest BCUT2D eigenvalue weighted by molar-refractivity contribution is 7.80. The third-order valence-corrected chi connectivity index (χ3v) is 3.53. The molecule has 2 aromatic heterocycles. The van der Waals surface area contributed by atoms with E-state index in [-0.39, 0.29) is 0 Å². The average molecular weight is 278 g/mol. The summed E-state index contributed by atoms with van der Waals surface area (Å²) in [5.41, 5.74) is 7.38. The Morgan fingerprint density at radius 2 is 2.22 bits per heavy atom. The van der Waals surface area contributed by atoms with Gasteiger partial charge in [0.25, 0.3) is 0 Å². The van der Waals surface area contributed by atoms with Crippen molar-refractivity contribution in [3.63, 3.8) is 0 Å². The van der Waals surface area contributed by atoms with Crippen molar-refractivity contribution in [2.45, 2.75) is 20.4 Å². The maximum absolute atomic E-state index is 5.68. The first-order valence-corrected chi connectivity index (χ1v) is 6.71. The van der Waals surface area contributed by atoms with Crippen LogP contribution in [-0.4, -0.2) is 15.0 Å². The molecule has 0 aliphatic carbocycles. The van der Waals surface area contributed by atoms with Crippen molar-refractivity contribution in [2.75, 3.05) is 5.32 Å². The van der Waals surface area contributed by atoms with E-state index in [0.717, 1.165) is 27.0 Å². The number of thiazole rings is 1. The Labute approximate surface area is 115 Å². The van der Waals surface area contributed by atoms with E-state index in [1.54, 1.807) is 11.3 Å². The van der Waals surface area contributed by atoms with Gasteiger partial charge < -0.3 is 11.1 Å². The Bertz CT molecular complexity index is 577. The molecule has 4 nitrogen and oxygen atoms in total. The van der Waals surface area contributed by atoms with Gasteiger partial charge >= 0.3 is 0 Å². The van der Waals surface area contributed by atoms with Crippen LogP contribution in [0.3, 0.4) is 0 Å². The maximum Gasteiger partial charge on any atom is 0.136 e. The van der Waals surface area contributed by atoms with Crippen molar-refractivity contribution in [3.8, 4) is 0 Å². The van der Waals surface area contributed by atoms with Crippen molar-refractivity contribution in [1.82, 2.24) is 9.97 Å². The van der Waals surface area contributed by atoms with Crippen LogP contribution in [0, 0.1) is 13.8 Å². The summed E-state index contributed by atoms with van der Waals surface area (Å²) >= 11 is 6.68. The molecule has 94 valence electrons. The van der Waals surface area contributed by atoms with E-state index in [2.05, 4.69) is 15.3 Å². The monoisotopic (exact) mass is 278 g/mol. The summed E-state index contributed by atoms with van der Waals surface area (Å²) in [6.45, 7) is 4.60. The topological polar surface area (TPSA) is 63.8 Å². The third kappa shape index (κ3) is 3.02. The van der Waals surface area contributed by atoms with Gasteiger partial charge in [-0.25, -0.2) is 9.97 Å². The first-order chi connectivity index (χ1) is 8.56. The van der Waals surface area contributed by atoms with Gasteiger partial charge in [-0.1, -0.05) is 12.2 Å². The standard InChI is InChI=1S/C12H14N4S2/c1-7-3-4-10(11(13)17)12(16-7)15-6-9-5-14-8(2)18-9/h3-5H,6H2,1-2H3,(H2,13,17)(H,15,16). The number of thiocarbonyl (C=S) groups is 1. The molecule has 0 fully saturated rings. The van der Waals surface area contributed by atoms with Gasteiger partial charge in [-0.05, 0) is 26.0 Å². The summed E-state index contributed by atoms with van der Waals surface area (Å²) in [6, 6.07) is 3.79. The number of nitrogens with two attached hydrogens (primary N) is 1. The fourth-order valence-corrected chi connectivity index (χ4v) is 2.45. The maximum atomic E-state index is 5.68. The van der Waals surface area contributed by atoms with Gasteiger partial charge in [0.05, 0.1) is 17.1 Å². The number of hydrogen-bond acceptors (Lipinski definition) is 5. The first kappa shape index (κ1) is 12.9. The van der Waals surface area contributed by atoms with Crippen LogP contribution in [0.5, 0.6) is 0 Å². The molecule has 0 aromatic carbocycles. The second-order valence-corrected chi connectivity index (χ2v) is 5.67. The zero-order valence-corrected chi connectivity index (χ0v) is 11.9. The molecule has 2 heterocycles. The number of aryl methyl sites for hydroxylation is 2. The lowest BCUT2D eigenvalue weighted by atomic mass is 10.2. The van der Waals surface area contributed by atoms with Crippen LogP contribution in [0.25, 0.3) is 0 Å². The number of nitrogens with zero attached hydrogens (tertiary/aromatic N) is 2. The summed E-state index contributed by atoms with van der Waals surface area (Å²) < 4.78 is 0. The predicted octanol–water partition coefficient (Wildman–Crippen LogP) is 2.40. The number of aromatic nitrogens is 2. The molecule has 6 heteroatoms. The van der Waals surface area contributed by atoms with E-state index in [0.29, 0.717) is 11.5 Å². The molecule has 0 aliphatic rings. The van der Waals surface area contributed by atoms with Gasteiger partial charge in [-0.15, -0.1) is 11.3 Å². The van der Waals surface area contributed by atoms with Crippen LogP contribution in [0.2, 0.25) is 0 Å². The van der Waals surface area contributed by atoms with Crippen LogP contribution in [0.15, 0.2) is 18.3 Å². The summed E-state index contributed by atoms with van der Waals surface area (Å²) in [5.74, 6) is 0.730. The molecule has 0 radical (unpaired) electrons. The van der Waals surface area contributed by atoms with Crippen molar-refractivity contribution < 1.29 is 0 Å². The van der Waals surface area contributed by atoms with E-state index in [9.17, 15) is 0 Å². The molecule has 0 saturated carbocycles. The van der Waals surface area contributed by atoms with Gasteiger partial charge in [0, 0.05) is 16.8 Å². The minimum Gasteiger partial charge on any atom is -0.389 e. The van der Waals surface area contributed by atoms with Crippen LogP contribution in [0.4, 0.5) is 5.82 Å². The number of rotatable bonds is 4. The van der Waals surface area contributed by atoms with Crippen molar-refractivity contribution in [3.05, 3.63) is 39.5 Å². The summed E-state index contributed by atoms with van der Waals surface area (Å²) in [6.07, 6.45) is 1.86. The molecule has 3 N–H and O–H groups in total. The molecule has 0 amide bonds. The van der Waals surface area contributed by atoms with Gasteiger partial charge in [-0.3, -0.25) is 0 Å². The summed E-state index contributed by atoms with van der Waals surface area (Å²) in [5, 5.41) is 4.31. The lowest BCUT2D eigenvalue weighted by molar-refractivity contribution is 1.10. The molecule has 0 bridgehead atoms. The largest absolute Gasteiger partial charge is 0.389 e. The number of pyridine rings is 1. The predicted molar refractivity (Wildman–Crippen MR) is 79.0 cm³/mol. The third-order valence-electron chi connectivity index (χ3n) is 2.40. The lowest BCUT2D eigenvalue weighted by Gasteiger charge is -2.09. The molecule has 18 heavy (non-hydrogen) atoms. The number of nitrogens with one attached hydrogen (secondary N) is 1. The Kier molecular flexibility index (Phi) is 3.88. The Morgan fingerprint density at radius 3 is 2.83 bits per heavy atom. The van der Waals surface area contributed by atoms with Crippen LogP contribution in [-0.2, 0) is 6.54 Å². The summed E-state index contributed by atoms with van der Waals surface area (Å²) in [7, 11) is 0. The van der Waals surface area contributed by atoms with E-state index in [4.69, 9.17) is 18.0 Å². The van der Waals surface area contributed by atoms with Crippen molar-refractivity contribution >= 4 is 34.4 Å². The molecule has 2 rings (SSSR count). The molecule has 0 spiro atoms. The Balaban J connectivity index is 2.17. The van der Waals surface area contributed by atoms with Gasteiger partial charge in [-0.2, -0.15) is 0 Å². The average Bonchev–Trinajstić information content (AvgIpc) is 2.72. The van der Waals surface area contributed by atoms with Crippen molar-refractivity contribution in [1.29, 1.82) is 0 Å². The quantitative estimate of drug-likeness (QED) is 0.841. The zero-order chi connectivity index (χ0) is 13.1. The Morgan fingerprint density at radius 1 is 1.44 bits per heavy atom. The Hall–Kier alpha value is -1.53. The van der Waals surface area contributed by atoms with E-state index >= 15 is 0 Å². The molecule has 0 unspecified atom stereocenters. The molecule has 0 aliphatic heterocycles.